The molecule has 0 saturated heterocycles. The van der Waals surface area contributed by atoms with Crippen LogP contribution in [0.3, 0.4) is 0 Å². The predicted molar refractivity (Wildman–Crippen MR) is 81.8 cm³/mol. The fourth-order valence-electron chi connectivity index (χ4n) is 2.05. The monoisotopic (exact) mass is 268 g/mol. The highest BCUT2D eigenvalue weighted by Crippen LogP contribution is 2.40. The van der Waals surface area contributed by atoms with E-state index in [1.807, 2.05) is 30.3 Å². The molecule has 0 atom stereocenters. The van der Waals surface area contributed by atoms with E-state index in [0.29, 0.717) is 5.82 Å². The number of hydrogen-bond donors (Lipinski definition) is 2. The van der Waals surface area contributed by atoms with Gasteiger partial charge >= 0.3 is 0 Å². The Kier molecular flexibility index (Phi) is 2.68. The van der Waals surface area contributed by atoms with Crippen molar-refractivity contribution in [3.05, 3.63) is 42.0 Å². The maximum atomic E-state index is 5.99. The van der Waals surface area contributed by atoms with Gasteiger partial charge in [-0.2, -0.15) is 0 Å². The van der Waals surface area contributed by atoms with Crippen molar-refractivity contribution in [1.29, 1.82) is 0 Å². The summed E-state index contributed by atoms with van der Waals surface area (Å²) in [6, 6.07) is 7.67. The van der Waals surface area contributed by atoms with Crippen molar-refractivity contribution in [2.75, 3.05) is 11.5 Å². The second-order valence-corrected chi connectivity index (χ2v) is 5.14. The van der Waals surface area contributed by atoms with Crippen LogP contribution in [0.5, 0.6) is 0 Å². The summed E-state index contributed by atoms with van der Waals surface area (Å²) in [6.07, 6.45) is 3.30. The third kappa shape index (κ3) is 1.84. The summed E-state index contributed by atoms with van der Waals surface area (Å²) in [5.74, 6) is 0.487. The van der Waals surface area contributed by atoms with Crippen LogP contribution in [-0.4, -0.2) is 9.97 Å². The molecule has 3 rings (SSSR count). The summed E-state index contributed by atoms with van der Waals surface area (Å²) in [6.45, 7) is 3.86. The van der Waals surface area contributed by atoms with Crippen LogP contribution in [0.2, 0.25) is 0 Å². The number of nitrogen functional groups attached to an aromatic ring is 2. The smallest absolute Gasteiger partial charge is 0.136 e. The zero-order chi connectivity index (χ0) is 13.4. The van der Waals surface area contributed by atoms with Crippen molar-refractivity contribution in [3.8, 4) is 11.1 Å². The molecule has 0 aliphatic carbocycles. The standard InChI is InChI=1S/C14H12N4S/c1-2-10-11(8-3-5-9(15)6-4-8)12-13(16)17-7-18-14(12)19-10/h2-7H,1,15H2,(H2,16,17,18). The lowest BCUT2D eigenvalue weighted by Crippen LogP contribution is -1.92. The molecule has 0 saturated carbocycles. The molecule has 0 aliphatic rings. The van der Waals surface area contributed by atoms with Gasteiger partial charge in [0.25, 0.3) is 0 Å². The average molecular weight is 268 g/mol. The molecule has 0 bridgehead atoms. The molecule has 19 heavy (non-hydrogen) atoms. The Morgan fingerprint density at radius 1 is 1.11 bits per heavy atom. The normalized spacial score (nSPS) is 10.7. The summed E-state index contributed by atoms with van der Waals surface area (Å²) in [5.41, 5.74) is 14.5. The number of aromatic nitrogens is 2. The van der Waals surface area contributed by atoms with Crippen LogP contribution < -0.4 is 11.5 Å². The highest BCUT2D eigenvalue weighted by molar-refractivity contribution is 7.20. The number of hydrogen-bond acceptors (Lipinski definition) is 5. The van der Waals surface area contributed by atoms with Crippen LogP contribution in [0.25, 0.3) is 27.4 Å². The molecule has 1 aromatic carbocycles. The van der Waals surface area contributed by atoms with Gasteiger partial charge in [-0.1, -0.05) is 24.8 Å². The van der Waals surface area contributed by atoms with Crippen LogP contribution >= 0.6 is 11.3 Å². The Labute approximate surface area is 114 Å². The van der Waals surface area contributed by atoms with Gasteiger partial charge in [0.1, 0.15) is 17.0 Å². The van der Waals surface area contributed by atoms with Crippen molar-refractivity contribution in [3.63, 3.8) is 0 Å². The topological polar surface area (TPSA) is 77.8 Å². The molecule has 0 spiro atoms. The zero-order valence-corrected chi connectivity index (χ0v) is 10.9. The van der Waals surface area contributed by atoms with Crippen LogP contribution in [0.1, 0.15) is 4.88 Å². The summed E-state index contributed by atoms with van der Waals surface area (Å²) in [4.78, 5) is 10.2. The van der Waals surface area contributed by atoms with Crippen LogP contribution in [0.15, 0.2) is 37.2 Å². The predicted octanol–water partition coefficient (Wildman–Crippen LogP) is 3.17. The first-order valence-corrected chi connectivity index (χ1v) is 6.53. The fraction of sp³-hybridized carbons (Fsp3) is 0. The van der Waals surface area contributed by atoms with Gasteiger partial charge in [0.15, 0.2) is 0 Å². The molecule has 2 heterocycles. The Morgan fingerprint density at radius 3 is 2.53 bits per heavy atom. The van der Waals surface area contributed by atoms with Crippen molar-refractivity contribution < 1.29 is 0 Å². The van der Waals surface area contributed by atoms with E-state index in [0.717, 1.165) is 31.9 Å². The largest absolute Gasteiger partial charge is 0.399 e. The Bertz CT molecular complexity index is 759. The second-order valence-electron chi connectivity index (χ2n) is 4.11. The number of rotatable bonds is 2. The average Bonchev–Trinajstić information content (AvgIpc) is 2.80. The molecular formula is C14H12N4S. The molecular weight excluding hydrogens is 256 g/mol. The van der Waals surface area contributed by atoms with E-state index in [2.05, 4.69) is 16.5 Å². The van der Waals surface area contributed by atoms with Crippen molar-refractivity contribution in [1.82, 2.24) is 9.97 Å². The molecule has 4 N–H and O–H groups in total. The van der Waals surface area contributed by atoms with Gasteiger partial charge in [-0.15, -0.1) is 11.3 Å². The minimum atomic E-state index is 0.487. The van der Waals surface area contributed by atoms with Crippen LogP contribution in [0.4, 0.5) is 11.5 Å². The molecule has 3 aromatic rings. The molecule has 0 radical (unpaired) electrons. The van der Waals surface area contributed by atoms with Gasteiger partial charge in [-0.25, -0.2) is 9.97 Å². The molecule has 0 fully saturated rings. The number of fused-ring (bicyclic) bond motifs is 1. The van der Waals surface area contributed by atoms with Crippen LogP contribution in [0, 0.1) is 0 Å². The highest BCUT2D eigenvalue weighted by atomic mass is 32.1. The van der Waals surface area contributed by atoms with E-state index in [1.165, 1.54) is 6.33 Å². The van der Waals surface area contributed by atoms with Crippen molar-refractivity contribution in [2.45, 2.75) is 0 Å². The van der Waals surface area contributed by atoms with E-state index in [1.54, 1.807) is 11.3 Å². The number of nitrogens with zero attached hydrogens (tertiary/aromatic N) is 2. The lowest BCUT2D eigenvalue weighted by atomic mass is 10.0. The number of thiophene rings is 1. The van der Waals surface area contributed by atoms with Crippen molar-refractivity contribution in [2.24, 2.45) is 0 Å². The first-order valence-electron chi connectivity index (χ1n) is 5.72. The van der Waals surface area contributed by atoms with Gasteiger partial charge in [0.2, 0.25) is 0 Å². The quantitative estimate of drug-likeness (QED) is 0.700. The second kappa shape index (κ2) is 4.37. The molecule has 2 aromatic heterocycles. The van der Waals surface area contributed by atoms with E-state index in [4.69, 9.17) is 11.5 Å². The van der Waals surface area contributed by atoms with Gasteiger partial charge in [0, 0.05) is 16.1 Å². The van der Waals surface area contributed by atoms with Gasteiger partial charge in [0.05, 0.1) is 5.39 Å². The van der Waals surface area contributed by atoms with E-state index >= 15 is 0 Å². The maximum Gasteiger partial charge on any atom is 0.136 e. The number of nitrogens with two attached hydrogens (primary N) is 2. The minimum absolute atomic E-state index is 0.487. The fourth-order valence-corrected chi connectivity index (χ4v) is 3.08. The minimum Gasteiger partial charge on any atom is -0.399 e. The Hall–Kier alpha value is -2.40. The first-order chi connectivity index (χ1) is 9.20. The third-order valence-corrected chi connectivity index (χ3v) is 4.02. The molecule has 94 valence electrons. The Balaban J connectivity index is 2.38. The Morgan fingerprint density at radius 2 is 1.84 bits per heavy atom. The number of anilines is 2. The highest BCUT2D eigenvalue weighted by Gasteiger charge is 2.15. The summed E-state index contributed by atoms with van der Waals surface area (Å²) < 4.78 is 0. The first kappa shape index (κ1) is 11.7. The van der Waals surface area contributed by atoms with E-state index in [-0.39, 0.29) is 0 Å². The summed E-state index contributed by atoms with van der Waals surface area (Å²) >= 11 is 1.56. The maximum absolute atomic E-state index is 5.99. The van der Waals surface area contributed by atoms with E-state index in [9.17, 15) is 0 Å². The SMILES string of the molecule is C=Cc1sc2ncnc(N)c2c1-c1ccc(N)cc1. The molecule has 4 nitrogen and oxygen atoms in total. The molecule has 0 unspecified atom stereocenters. The molecule has 5 heteroatoms. The van der Waals surface area contributed by atoms with Crippen molar-refractivity contribution >= 4 is 39.1 Å². The molecule has 0 amide bonds. The van der Waals surface area contributed by atoms with E-state index < -0.39 is 0 Å². The lowest BCUT2D eigenvalue weighted by Gasteiger charge is -2.04. The zero-order valence-electron chi connectivity index (χ0n) is 10.1. The van der Waals surface area contributed by atoms with Gasteiger partial charge in [-0.3, -0.25) is 0 Å². The van der Waals surface area contributed by atoms with Crippen LogP contribution in [-0.2, 0) is 0 Å². The summed E-state index contributed by atoms with van der Waals surface area (Å²) in [5, 5.41) is 0.882. The van der Waals surface area contributed by atoms with Gasteiger partial charge < -0.3 is 11.5 Å². The molecule has 0 aliphatic heterocycles. The summed E-state index contributed by atoms with van der Waals surface area (Å²) in [7, 11) is 0. The number of benzene rings is 1. The lowest BCUT2D eigenvalue weighted by molar-refractivity contribution is 1.24. The third-order valence-electron chi connectivity index (χ3n) is 2.93. The van der Waals surface area contributed by atoms with Gasteiger partial charge in [-0.05, 0) is 17.7 Å².